The highest BCUT2D eigenvalue weighted by molar-refractivity contribution is 7.90. The zero-order chi connectivity index (χ0) is 37.2. The molecule has 4 aliphatic heterocycles. The highest BCUT2D eigenvalue weighted by Gasteiger charge is 2.62. The van der Waals surface area contributed by atoms with Crippen LogP contribution < -0.4 is 9.46 Å². The zero-order valence-electron chi connectivity index (χ0n) is 31.4. The van der Waals surface area contributed by atoms with Gasteiger partial charge in [-0.25, -0.2) is 13.1 Å². The highest BCUT2D eigenvalue weighted by Crippen LogP contribution is 2.60. The molecular weight excluding hydrogens is 693 g/mol. The summed E-state index contributed by atoms with van der Waals surface area (Å²) in [4.78, 5) is 45.2. The number of sulfonamides is 1. The number of amides is 3. The smallest absolute Gasteiger partial charge is 0.264 e. The molecule has 2 aliphatic carbocycles. The van der Waals surface area contributed by atoms with Crippen molar-refractivity contribution >= 4 is 38.6 Å². The van der Waals surface area contributed by atoms with E-state index in [0.29, 0.717) is 51.9 Å². The lowest BCUT2D eigenvalue weighted by Crippen LogP contribution is -2.55. The highest BCUT2D eigenvalue weighted by atomic mass is 32.2. The largest absolute Gasteiger partial charge is 0.497 e. The van der Waals surface area contributed by atoms with Gasteiger partial charge in [0.15, 0.2) is 0 Å². The molecular formula is C41H52N4O7S. The van der Waals surface area contributed by atoms with Gasteiger partial charge in [0, 0.05) is 73.5 Å². The molecule has 2 aromatic carbocycles. The van der Waals surface area contributed by atoms with Gasteiger partial charge in [0.25, 0.3) is 5.91 Å². The van der Waals surface area contributed by atoms with Gasteiger partial charge in [-0.2, -0.15) is 0 Å². The number of carbonyl (C=O) groups excluding carboxylic acids is 3. The molecule has 2 bridgehead atoms. The number of hydrogen-bond acceptors (Lipinski definition) is 7. The predicted molar refractivity (Wildman–Crippen MR) is 202 cm³/mol. The number of methoxy groups -OCH3 is 1. The summed E-state index contributed by atoms with van der Waals surface area (Å²) in [7, 11) is -2.16. The maximum Gasteiger partial charge on any atom is 0.264 e. The quantitative estimate of drug-likeness (QED) is 0.361. The van der Waals surface area contributed by atoms with E-state index in [0.717, 1.165) is 72.0 Å². The second-order valence-corrected chi connectivity index (χ2v) is 18.9. The minimum Gasteiger partial charge on any atom is -0.497 e. The minimum atomic E-state index is -3.84. The van der Waals surface area contributed by atoms with Crippen LogP contribution in [0.15, 0.2) is 36.4 Å². The fourth-order valence-corrected chi connectivity index (χ4v) is 10.4. The molecule has 3 saturated heterocycles. The van der Waals surface area contributed by atoms with E-state index in [9.17, 15) is 18.0 Å². The Kier molecular flexibility index (Phi) is 9.36. The number of nitrogens with one attached hydrogen (secondary N) is 1. The Labute approximate surface area is 312 Å². The van der Waals surface area contributed by atoms with Crippen molar-refractivity contribution in [1.29, 1.82) is 0 Å². The molecule has 9 rings (SSSR count). The molecule has 3 amide bonds. The van der Waals surface area contributed by atoms with E-state index in [1.807, 2.05) is 23.1 Å². The second-order valence-electron chi connectivity index (χ2n) is 16.6. The molecule has 1 N–H and O–H groups in total. The molecule has 0 unspecified atom stereocenters. The van der Waals surface area contributed by atoms with Crippen molar-refractivity contribution in [3.05, 3.63) is 53.1 Å². The van der Waals surface area contributed by atoms with Gasteiger partial charge in [0.1, 0.15) is 5.75 Å². The first kappa shape index (κ1) is 36.1. The predicted octanol–water partition coefficient (Wildman–Crippen LogP) is 5.35. The lowest BCUT2D eigenvalue weighted by Gasteiger charge is -2.42. The Hall–Kier alpha value is -3.90. The lowest BCUT2D eigenvalue weighted by atomic mass is 9.80. The van der Waals surface area contributed by atoms with Crippen molar-refractivity contribution in [3.8, 4) is 17.0 Å². The SMILES string of the molecule is COc1ccc2c(c1)C[C@@H]1C[C@]1(C(=O)N1C[C@@H]3COC[C@@H](CN(C(C)=O)C3)C1)Cn1c-2c(C2CCCCC2)c2ccc(C(=O)NS(=O)(=O)C(C)C)cc21. The lowest BCUT2D eigenvalue weighted by molar-refractivity contribution is -0.145. The van der Waals surface area contributed by atoms with Crippen molar-refractivity contribution in [2.24, 2.45) is 23.2 Å². The second kappa shape index (κ2) is 13.7. The number of carbonyl (C=O) groups is 3. The number of ether oxygens (including phenoxy) is 2. The standard InChI is InChI=1S/C41H52N4O7S/c1-25(2)53(49,50)42-39(47)30-10-12-35-36(16-30)45-24-41(40(48)44-20-27-18-43(26(3)46)19-28(21-44)23-52-22-27)17-32(41)14-31-15-33(51-4)11-13-34(31)38(45)37(35)29-8-6-5-7-9-29/h10-13,15-16,25,27-29,32H,5-9,14,17-24H2,1-4H3,(H,42,47)/t27-,28+,32-,41+/m1/s1. The Morgan fingerprint density at radius 2 is 1.64 bits per heavy atom. The molecule has 3 aromatic rings. The van der Waals surface area contributed by atoms with Crippen LogP contribution in [-0.4, -0.2) is 92.3 Å². The number of benzene rings is 2. The third-order valence-electron chi connectivity index (χ3n) is 12.7. The summed E-state index contributed by atoms with van der Waals surface area (Å²) >= 11 is 0. The van der Waals surface area contributed by atoms with Crippen LogP contribution in [0, 0.1) is 23.2 Å². The summed E-state index contributed by atoms with van der Waals surface area (Å²) < 4.78 is 41.9. The van der Waals surface area contributed by atoms with Crippen molar-refractivity contribution in [1.82, 2.24) is 19.1 Å². The Morgan fingerprint density at radius 3 is 2.30 bits per heavy atom. The summed E-state index contributed by atoms with van der Waals surface area (Å²) in [5.74, 6) is 0.829. The van der Waals surface area contributed by atoms with Gasteiger partial charge in [-0.15, -0.1) is 0 Å². The van der Waals surface area contributed by atoms with E-state index < -0.39 is 26.6 Å². The molecule has 6 aliphatic rings. The number of fused-ring (bicyclic) bond motifs is 12. The van der Waals surface area contributed by atoms with E-state index in [1.165, 1.54) is 12.0 Å². The third kappa shape index (κ3) is 6.53. The fraction of sp³-hybridized carbons (Fsp3) is 0.585. The molecule has 284 valence electrons. The van der Waals surface area contributed by atoms with Crippen LogP contribution in [0.4, 0.5) is 0 Å². The van der Waals surface area contributed by atoms with Crippen LogP contribution in [0.2, 0.25) is 0 Å². The average Bonchev–Trinajstić information content (AvgIpc) is 3.69. The zero-order valence-corrected chi connectivity index (χ0v) is 32.2. The number of rotatable bonds is 6. The molecule has 4 atom stereocenters. The normalized spacial score (nSPS) is 26.0. The van der Waals surface area contributed by atoms with Crippen LogP contribution in [0.1, 0.15) is 86.7 Å². The molecule has 53 heavy (non-hydrogen) atoms. The van der Waals surface area contributed by atoms with Crippen LogP contribution in [0.3, 0.4) is 0 Å². The van der Waals surface area contributed by atoms with E-state index in [1.54, 1.807) is 33.9 Å². The molecule has 5 fully saturated rings. The van der Waals surface area contributed by atoms with E-state index in [2.05, 4.69) is 26.3 Å². The monoisotopic (exact) mass is 744 g/mol. The van der Waals surface area contributed by atoms with Gasteiger partial charge in [-0.05, 0) is 92.8 Å². The Balaban J connectivity index is 1.27. The number of nitrogens with zero attached hydrogens (tertiary/aromatic N) is 3. The molecule has 2 saturated carbocycles. The number of hydrogen-bond donors (Lipinski definition) is 1. The average molecular weight is 745 g/mol. The van der Waals surface area contributed by atoms with Gasteiger partial charge >= 0.3 is 0 Å². The molecule has 0 spiro atoms. The van der Waals surface area contributed by atoms with Gasteiger partial charge < -0.3 is 23.8 Å². The van der Waals surface area contributed by atoms with Crippen LogP contribution in [-0.2, 0) is 37.3 Å². The van der Waals surface area contributed by atoms with E-state index in [4.69, 9.17) is 9.47 Å². The summed E-state index contributed by atoms with van der Waals surface area (Å²) in [5.41, 5.74) is 5.12. The maximum absolute atomic E-state index is 15.2. The summed E-state index contributed by atoms with van der Waals surface area (Å²) in [6.45, 7) is 8.45. The third-order valence-corrected chi connectivity index (χ3v) is 14.4. The Bertz CT molecular complexity index is 2050. The first-order valence-corrected chi connectivity index (χ1v) is 20.9. The minimum absolute atomic E-state index is 0.0281. The van der Waals surface area contributed by atoms with Crippen molar-refractivity contribution in [3.63, 3.8) is 0 Å². The molecule has 1 aromatic heterocycles. The van der Waals surface area contributed by atoms with Crippen molar-refractivity contribution in [2.45, 2.75) is 83.4 Å². The number of aromatic nitrogens is 1. The Morgan fingerprint density at radius 1 is 0.943 bits per heavy atom. The first-order valence-electron chi connectivity index (χ1n) is 19.4. The topological polar surface area (TPSA) is 127 Å². The van der Waals surface area contributed by atoms with Crippen LogP contribution >= 0.6 is 0 Å². The summed E-state index contributed by atoms with van der Waals surface area (Å²) in [6, 6.07) is 11.9. The van der Waals surface area contributed by atoms with Crippen molar-refractivity contribution in [2.75, 3.05) is 46.5 Å². The van der Waals surface area contributed by atoms with Gasteiger partial charge in [-0.1, -0.05) is 25.3 Å². The van der Waals surface area contributed by atoms with Gasteiger partial charge in [-0.3, -0.25) is 14.4 Å². The van der Waals surface area contributed by atoms with Crippen LogP contribution in [0.5, 0.6) is 5.75 Å². The summed E-state index contributed by atoms with van der Waals surface area (Å²) in [5, 5.41) is 0.299. The van der Waals surface area contributed by atoms with Gasteiger partial charge in [0.2, 0.25) is 21.8 Å². The summed E-state index contributed by atoms with van der Waals surface area (Å²) in [6.07, 6.45) is 7.13. The molecule has 12 heteroatoms. The maximum atomic E-state index is 15.2. The van der Waals surface area contributed by atoms with Crippen molar-refractivity contribution < 1.29 is 32.3 Å². The van der Waals surface area contributed by atoms with E-state index in [-0.39, 0.29) is 35.1 Å². The van der Waals surface area contributed by atoms with E-state index >= 15 is 4.79 Å². The molecule has 5 heterocycles. The fourth-order valence-electron chi connectivity index (χ4n) is 9.76. The van der Waals surface area contributed by atoms with Gasteiger partial charge in [0.05, 0.1) is 36.7 Å². The molecule has 11 nitrogen and oxygen atoms in total. The first-order chi connectivity index (χ1) is 25.4. The van der Waals surface area contributed by atoms with Crippen LogP contribution in [0.25, 0.3) is 22.2 Å². The molecule has 0 radical (unpaired) electrons.